The van der Waals surface area contributed by atoms with E-state index in [-0.39, 0.29) is 18.1 Å². The molecule has 2 aliphatic rings. The van der Waals surface area contributed by atoms with E-state index in [9.17, 15) is 4.79 Å². The monoisotopic (exact) mass is 449 g/mol. The first-order valence-corrected chi connectivity index (χ1v) is 12.8. The zero-order chi connectivity index (χ0) is 22.9. The smallest absolute Gasteiger partial charge is 0.251 e. The molecule has 0 bridgehead atoms. The van der Waals surface area contributed by atoms with Crippen LogP contribution in [0.2, 0.25) is 0 Å². The topological polar surface area (TPSA) is 44.8 Å². The summed E-state index contributed by atoms with van der Waals surface area (Å²) in [4.78, 5) is 17.7. The number of benzene rings is 2. The lowest BCUT2D eigenvalue weighted by Crippen LogP contribution is -2.44. The third kappa shape index (κ3) is 7.31. The van der Waals surface area contributed by atoms with E-state index in [4.69, 9.17) is 4.74 Å². The maximum atomic E-state index is 12.7. The van der Waals surface area contributed by atoms with Crippen LogP contribution in [0.15, 0.2) is 54.6 Å². The lowest BCUT2D eigenvalue weighted by Gasteiger charge is -2.32. The summed E-state index contributed by atoms with van der Waals surface area (Å²) in [5.41, 5.74) is 2.12. The largest absolute Gasteiger partial charge is 0.490 e. The Hall–Kier alpha value is -2.37. The van der Waals surface area contributed by atoms with E-state index in [2.05, 4.69) is 52.4 Å². The minimum Gasteiger partial charge on any atom is -0.490 e. The summed E-state index contributed by atoms with van der Waals surface area (Å²) in [6, 6.07) is 18.7. The summed E-state index contributed by atoms with van der Waals surface area (Å²) in [6.45, 7) is 8.81. The molecule has 0 atom stereocenters. The van der Waals surface area contributed by atoms with Crippen LogP contribution in [0.5, 0.6) is 5.75 Å². The predicted molar refractivity (Wildman–Crippen MR) is 134 cm³/mol. The molecule has 0 unspecified atom stereocenters. The summed E-state index contributed by atoms with van der Waals surface area (Å²) in [5.74, 6) is 0.893. The van der Waals surface area contributed by atoms with E-state index in [1.54, 1.807) is 0 Å². The summed E-state index contributed by atoms with van der Waals surface area (Å²) in [7, 11) is 0. The number of piperidine rings is 2. The normalized spacial score (nSPS) is 18.8. The number of nitrogens with one attached hydrogen (secondary N) is 1. The highest BCUT2D eigenvalue weighted by atomic mass is 16.5. The molecule has 4 rings (SSSR count). The van der Waals surface area contributed by atoms with Gasteiger partial charge in [-0.05, 0) is 74.9 Å². The minimum atomic E-state index is 0.0298. The molecule has 178 valence electrons. The summed E-state index contributed by atoms with van der Waals surface area (Å²) in [5, 5.41) is 3.22. The van der Waals surface area contributed by atoms with E-state index in [1.807, 2.05) is 24.3 Å². The molecule has 2 fully saturated rings. The van der Waals surface area contributed by atoms with Crippen LogP contribution >= 0.6 is 0 Å². The Labute approximate surface area is 199 Å². The van der Waals surface area contributed by atoms with Gasteiger partial charge in [-0.25, -0.2) is 0 Å². The third-order valence-electron chi connectivity index (χ3n) is 6.98. The van der Waals surface area contributed by atoms with E-state index >= 15 is 0 Å². The van der Waals surface area contributed by atoms with E-state index in [1.165, 1.54) is 12.0 Å². The number of carbonyl (C=O) groups excluding carboxylic acids is 1. The van der Waals surface area contributed by atoms with Crippen LogP contribution in [0, 0.1) is 0 Å². The standard InChI is InChI=1S/C28H39N3O2/c1-2-17-30-19-13-25(14-20-30)29-28(32)24-8-10-26(11-9-24)33-27-15-21-31(22-16-27)18-12-23-6-4-3-5-7-23/h3-11,25,27H,2,12-22H2,1H3,(H,29,32). The van der Waals surface area contributed by atoms with E-state index in [0.717, 1.165) is 77.1 Å². The van der Waals surface area contributed by atoms with E-state index in [0.29, 0.717) is 5.56 Å². The van der Waals surface area contributed by atoms with Gasteiger partial charge in [0.1, 0.15) is 11.9 Å². The van der Waals surface area contributed by atoms with Crippen LogP contribution in [0.1, 0.15) is 54.9 Å². The summed E-state index contributed by atoms with van der Waals surface area (Å²) in [6.07, 6.45) is 6.73. The number of amides is 1. The number of likely N-dealkylation sites (tertiary alicyclic amines) is 2. The van der Waals surface area contributed by atoms with Crippen LogP contribution < -0.4 is 10.1 Å². The molecule has 2 aromatic rings. The van der Waals surface area contributed by atoms with Crippen LogP contribution in [-0.4, -0.2) is 67.1 Å². The van der Waals surface area contributed by atoms with Gasteiger partial charge in [0, 0.05) is 44.3 Å². The molecule has 33 heavy (non-hydrogen) atoms. The zero-order valence-corrected chi connectivity index (χ0v) is 20.0. The van der Waals surface area contributed by atoms with Crippen molar-refractivity contribution in [3.63, 3.8) is 0 Å². The van der Waals surface area contributed by atoms with Crippen LogP contribution in [0.4, 0.5) is 0 Å². The number of rotatable bonds is 9. The van der Waals surface area contributed by atoms with Gasteiger partial charge in [-0.2, -0.15) is 0 Å². The summed E-state index contributed by atoms with van der Waals surface area (Å²) < 4.78 is 6.22. The Bertz CT molecular complexity index is 839. The Balaban J connectivity index is 1.16. The molecule has 0 aromatic heterocycles. The van der Waals surface area contributed by atoms with E-state index < -0.39 is 0 Å². The fourth-order valence-electron chi connectivity index (χ4n) is 4.95. The third-order valence-corrected chi connectivity index (χ3v) is 6.98. The minimum absolute atomic E-state index is 0.0298. The van der Waals surface area contributed by atoms with Gasteiger partial charge in [-0.15, -0.1) is 0 Å². The lowest BCUT2D eigenvalue weighted by atomic mass is 10.0. The number of hydrogen-bond donors (Lipinski definition) is 1. The van der Waals surface area contributed by atoms with Gasteiger partial charge < -0.3 is 19.9 Å². The molecular weight excluding hydrogens is 410 g/mol. The highest BCUT2D eigenvalue weighted by molar-refractivity contribution is 5.94. The molecule has 2 heterocycles. The average Bonchev–Trinajstić information content (AvgIpc) is 2.86. The Morgan fingerprint density at radius 2 is 1.52 bits per heavy atom. The number of carbonyl (C=O) groups is 1. The highest BCUT2D eigenvalue weighted by Gasteiger charge is 2.22. The van der Waals surface area contributed by atoms with Crippen molar-refractivity contribution in [2.75, 3.05) is 39.3 Å². The van der Waals surface area contributed by atoms with Crippen molar-refractivity contribution in [3.8, 4) is 5.75 Å². The van der Waals surface area contributed by atoms with Gasteiger partial charge in [0.2, 0.25) is 0 Å². The van der Waals surface area contributed by atoms with Gasteiger partial charge in [-0.3, -0.25) is 4.79 Å². The average molecular weight is 450 g/mol. The maximum absolute atomic E-state index is 12.7. The molecule has 5 nitrogen and oxygen atoms in total. The van der Waals surface area contributed by atoms with Crippen molar-refractivity contribution in [2.45, 2.75) is 57.6 Å². The first-order valence-electron chi connectivity index (χ1n) is 12.8. The van der Waals surface area contributed by atoms with Crippen molar-refractivity contribution in [1.29, 1.82) is 0 Å². The molecule has 0 saturated carbocycles. The number of hydrogen-bond acceptors (Lipinski definition) is 4. The lowest BCUT2D eigenvalue weighted by molar-refractivity contribution is 0.0910. The Kier molecular flexibility index (Phi) is 8.79. The van der Waals surface area contributed by atoms with Crippen molar-refractivity contribution >= 4 is 5.91 Å². The fraction of sp³-hybridized carbons (Fsp3) is 0.536. The number of ether oxygens (including phenoxy) is 1. The SMILES string of the molecule is CCCN1CCC(NC(=O)c2ccc(OC3CCN(CCc4ccccc4)CC3)cc2)CC1. The summed E-state index contributed by atoms with van der Waals surface area (Å²) >= 11 is 0. The molecule has 0 aliphatic carbocycles. The molecule has 2 aromatic carbocycles. The van der Waals surface area contributed by atoms with Crippen LogP contribution in [0.3, 0.4) is 0 Å². The first-order chi connectivity index (χ1) is 16.2. The second kappa shape index (κ2) is 12.2. The van der Waals surface area contributed by atoms with Gasteiger partial charge in [0.15, 0.2) is 0 Å². The molecule has 2 aliphatic heterocycles. The second-order valence-corrected chi connectivity index (χ2v) is 9.51. The van der Waals surface area contributed by atoms with Gasteiger partial charge in [-0.1, -0.05) is 37.3 Å². The van der Waals surface area contributed by atoms with Crippen LogP contribution in [0.25, 0.3) is 0 Å². The molecule has 1 N–H and O–H groups in total. The Morgan fingerprint density at radius 1 is 0.879 bits per heavy atom. The molecule has 5 heteroatoms. The highest BCUT2D eigenvalue weighted by Crippen LogP contribution is 2.20. The van der Waals surface area contributed by atoms with Gasteiger partial charge >= 0.3 is 0 Å². The number of nitrogens with zero attached hydrogens (tertiary/aromatic N) is 2. The molecule has 2 saturated heterocycles. The second-order valence-electron chi connectivity index (χ2n) is 9.51. The van der Waals surface area contributed by atoms with Gasteiger partial charge in [0.05, 0.1) is 0 Å². The van der Waals surface area contributed by atoms with Gasteiger partial charge in [0.25, 0.3) is 5.91 Å². The predicted octanol–water partition coefficient (Wildman–Crippen LogP) is 4.38. The van der Waals surface area contributed by atoms with Crippen molar-refractivity contribution in [3.05, 3.63) is 65.7 Å². The molecule has 0 radical (unpaired) electrons. The fourth-order valence-corrected chi connectivity index (χ4v) is 4.95. The molecule has 1 amide bonds. The molecular formula is C28H39N3O2. The maximum Gasteiger partial charge on any atom is 0.251 e. The Morgan fingerprint density at radius 3 is 2.18 bits per heavy atom. The molecule has 0 spiro atoms. The van der Waals surface area contributed by atoms with Crippen molar-refractivity contribution < 1.29 is 9.53 Å². The van der Waals surface area contributed by atoms with Crippen molar-refractivity contribution in [2.24, 2.45) is 0 Å². The van der Waals surface area contributed by atoms with Crippen LogP contribution in [-0.2, 0) is 6.42 Å². The zero-order valence-electron chi connectivity index (χ0n) is 20.0. The first kappa shape index (κ1) is 23.8. The quantitative estimate of drug-likeness (QED) is 0.617. The van der Waals surface area contributed by atoms with Crippen molar-refractivity contribution in [1.82, 2.24) is 15.1 Å².